The molecule has 102 valence electrons. The molecule has 8 heteroatoms. The number of aliphatic carboxylic acids is 1. The molecule has 0 radical (unpaired) electrons. The zero-order chi connectivity index (χ0) is 13.4. The average Bonchev–Trinajstić information content (AvgIpc) is 2.31. The second kappa shape index (κ2) is 8.34. The quantitative estimate of drug-likeness (QED) is 0.246. The Bertz CT molecular complexity index is 221. The van der Waals surface area contributed by atoms with E-state index < -0.39 is 37.0 Å². The SMILES string of the molecule is CCCO[C@@H]([C@H](O)[C@H](O)CO)[C@@H](OO)C(=O)O. The maximum Gasteiger partial charge on any atom is 0.339 e. The molecule has 5 N–H and O–H groups in total. The summed E-state index contributed by atoms with van der Waals surface area (Å²) in [4.78, 5) is 14.4. The topological polar surface area (TPSA) is 137 Å². The monoisotopic (exact) mass is 254 g/mol. The molecule has 0 fully saturated rings. The van der Waals surface area contributed by atoms with E-state index in [0.717, 1.165) is 0 Å². The highest BCUT2D eigenvalue weighted by atomic mass is 17.1. The minimum Gasteiger partial charge on any atom is -0.479 e. The molecule has 0 amide bonds. The van der Waals surface area contributed by atoms with Crippen LogP contribution < -0.4 is 0 Å². The van der Waals surface area contributed by atoms with Gasteiger partial charge in [-0.2, -0.15) is 0 Å². The second-order valence-electron chi connectivity index (χ2n) is 3.44. The van der Waals surface area contributed by atoms with Crippen molar-refractivity contribution < 1.29 is 40.1 Å². The van der Waals surface area contributed by atoms with E-state index in [1.165, 1.54) is 0 Å². The highest BCUT2D eigenvalue weighted by molar-refractivity contribution is 5.73. The van der Waals surface area contributed by atoms with Crippen molar-refractivity contribution in [1.29, 1.82) is 0 Å². The van der Waals surface area contributed by atoms with Gasteiger partial charge in [-0.25, -0.2) is 9.68 Å². The van der Waals surface area contributed by atoms with E-state index >= 15 is 0 Å². The van der Waals surface area contributed by atoms with E-state index in [4.69, 9.17) is 20.2 Å². The molecule has 0 saturated carbocycles. The second-order valence-corrected chi connectivity index (χ2v) is 3.44. The molecule has 0 heterocycles. The number of hydrogen-bond acceptors (Lipinski definition) is 7. The highest BCUT2D eigenvalue weighted by Crippen LogP contribution is 2.13. The van der Waals surface area contributed by atoms with E-state index in [0.29, 0.717) is 6.42 Å². The molecule has 0 saturated heterocycles. The van der Waals surface area contributed by atoms with Gasteiger partial charge in [0.25, 0.3) is 0 Å². The third-order valence-corrected chi connectivity index (χ3v) is 2.09. The van der Waals surface area contributed by atoms with Gasteiger partial charge in [0.1, 0.15) is 18.3 Å². The lowest BCUT2D eigenvalue weighted by Gasteiger charge is -2.28. The van der Waals surface area contributed by atoms with Crippen molar-refractivity contribution in [3.63, 3.8) is 0 Å². The third-order valence-electron chi connectivity index (χ3n) is 2.09. The van der Waals surface area contributed by atoms with Crippen molar-refractivity contribution in [3.05, 3.63) is 0 Å². The standard InChI is InChI=1S/C9H18O8/c1-2-3-16-7(6(12)5(11)4-10)8(17-15)9(13)14/h5-8,10-12,15H,2-4H2,1H3,(H,13,14)/t5-,6-,7+,8-/m1/s1. The van der Waals surface area contributed by atoms with Crippen LogP contribution in [0.5, 0.6) is 0 Å². The number of aliphatic hydroxyl groups excluding tert-OH is 3. The molecule has 4 atom stereocenters. The van der Waals surface area contributed by atoms with Gasteiger partial charge in [-0.1, -0.05) is 6.92 Å². The number of ether oxygens (including phenoxy) is 1. The number of carbonyl (C=O) groups is 1. The van der Waals surface area contributed by atoms with Gasteiger partial charge in [0, 0.05) is 6.61 Å². The number of carboxylic acids is 1. The van der Waals surface area contributed by atoms with Crippen LogP contribution in [0.2, 0.25) is 0 Å². The first-order chi connectivity index (χ1) is 7.99. The van der Waals surface area contributed by atoms with Gasteiger partial charge in [0.2, 0.25) is 6.10 Å². The summed E-state index contributed by atoms with van der Waals surface area (Å²) in [5, 5.41) is 44.6. The lowest BCUT2D eigenvalue weighted by Crippen LogP contribution is -2.51. The molecule has 0 aliphatic carbocycles. The largest absolute Gasteiger partial charge is 0.479 e. The molecule has 0 aromatic rings. The molecule has 0 aromatic heterocycles. The van der Waals surface area contributed by atoms with Crippen molar-refractivity contribution >= 4 is 5.97 Å². The van der Waals surface area contributed by atoms with Crippen LogP contribution in [0, 0.1) is 0 Å². The van der Waals surface area contributed by atoms with Gasteiger partial charge in [-0.15, -0.1) is 0 Å². The van der Waals surface area contributed by atoms with Crippen molar-refractivity contribution in [3.8, 4) is 0 Å². The number of carboxylic acid groups (broad SMARTS) is 1. The Morgan fingerprint density at radius 1 is 1.35 bits per heavy atom. The van der Waals surface area contributed by atoms with Crippen molar-refractivity contribution in [2.75, 3.05) is 13.2 Å². The van der Waals surface area contributed by atoms with Crippen LogP contribution >= 0.6 is 0 Å². The molecule has 0 unspecified atom stereocenters. The summed E-state index contributed by atoms with van der Waals surface area (Å²) in [6.07, 6.45) is -6.08. The van der Waals surface area contributed by atoms with Crippen molar-refractivity contribution in [2.45, 2.75) is 37.8 Å². The molecule has 0 bridgehead atoms. The molecule has 0 spiro atoms. The first-order valence-electron chi connectivity index (χ1n) is 5.11. The van der Waals surface area contributed by atoms with E-state index in [1.54, 1.807) is 6.92 Å². The molecule has 17 heavy (non-hydrogen) atoms. The van der Waals surface area contributed by atoms with Gasteiger partial charge in [-0.05, 0) is 6.42 Å². The van der Waals surface area contributed by atoms with Crippen LogP contribution in [0.3, 0.4) is 0 Å². The highest BCUT2D eigenvalue weighted by Gasteiger charge is 2.39. The molecule has 0 aliphatic heterocycles. The lowest BCUT2D eigenvalue weighted by atomic mass is 10.0. The molecular weight excluding hydrogens is 236 g/mol. The van der Waals surface area contributed by atoms with Crippen molar-refractivity contribution in [2.24, 2.45) is 0 Å². The van der Waals surface area contributed by atoms with Crippen LogP contribution in [0.1, 0.15) is 13.3 Å². The number of aliphatic hydroxyl groups is 3. The van der Waals surface area contributed by atoms with E-state index in [9.17, 15) is 15.0 Å². The Kier molecular flexibility index (Phi) is 7.96. The van der Waals surface area contributed by atoms with E-state index in [-0.39, 0.29) is 6.61 Å². The van der Waals surface area contributed by atoms with Crippen LogP contribution in [-0.2, 0) is 14.4 Å². The number of rotatable bonds is 9. The van der Waals surface area contributed by atoms with E-state index in [2.05, 4.69) is 4.89 Å². The minimum atomic E-state index is -1.85. The third kappa shape index (κ3) is 4.94. The smallest absolute Gasteiger partial charge is 0.339 e. The Morgan fingerprint density at radius 3 is 2.29 bits per heavy atom. The summed E-state index contributed by atoms with van der Waals surface area (Å²) < 4.78 is 5.00. The van der Waals surface area contributed by atoms with Gasteiger partial charge in [-0.3, -0.25) is 5.26 Å². The predicted molar refractivity (Wildman–Crippen MR) is 54.3 cm³/mol. The minimum absolute atomic E-state index is 0.104. The first-order valence-corrected chi connectivity index (χ1v) is 5.11. The summed E-state index contributed by atoms with van der Waals surface area (Å²) in [5.74, 6) is -1.56. The van der Waals surface area contributed by atoms with Gasteiger partial charge in [0.15, 0.2) is 0 Å². The van der Waals surface area contributed by atoms with Crippen LogP contribution in [0.4, 0.5) is 0 Å². The molecule has 8 nitrogen and oxygen atoms in total. The lowest BCUT2D eigenvalue weighted by molar-refractivity contribution is -0.306. The molecular formula is C9H18O8. The fourth-order valence-corrected chi connectivity index (χ4v) is 1.19. The summed E-state index contributed by atoms with van der Waals surface area (Å²) in [6, 6.07) is 0. The van der Waals surface area contributed by atoms with Gasteiger partial charge >= 0.3 is 5.97 Å². The summed E-state index contributed by atoms with van der Waals surface area (Å²) >= 11 is 0. The first kappa shape index (κ1) is 16.2. The summed E-state index contributed by atoms with van der Waals surface area (Å²) in [5.41, 5.74) is 0. The summed E-state index contributed by atoms with van der Waals surface area (Å²) in [6.45, 7) is 1.08. The maximum atomic E-state index is 10.7. The van der Waals surface area contributed by atoms with Gasteiger partial charge in [0.05, 0.1) is 6.61 Å². The Hall–Kier alpha value is -0.770. The predicted octanol–water partition coefficient (Wildman–Crippen LogP) is -1.56. The normalized spacial score (nSPS) is 18.4. The Balaban J connectivity index is 4.76. The van der Waals surface area contributed by atoms with Crippen molar-refractivity contribution in [1.82, 2.24) is 0 Å². The Morgan fingerprint density at radius 2 is 1.94 bits per heavy atom. The Labute approximate surface area is 97.9 Å². The molecule has 0 aromatic carbocycles. The average molecular weight is 254 g/mol. The molecule has 0 rings (SSSR count). The zero-order valence-corrected chi connectivity index (χ0v) is 9.39. The zero-order valence-electron chi connectivity index (χ0n) is 9.39. The van der Waals surface area contributed by atoms with Crippen LogP contribution in [-0.4, -0.2) is 69.3 Å². The van der Waals surface area contributed by atoms with Crippen LogP contribution in [0.25, 0.3) is 0 Å². The van der Waals surface area contributed by atoms with Crippen LogP contribution in [0.15, 0.2) is 0 Å². The van der Waals surface area contributed by atoms with Gasteiger partial charge < -0.3 is 25.2 Å². The van der Waals surface area contributed by atoms with E-state index in [1.807, 2.05) is 0 Å². The number of hydrogen-bond donors (Lipinski definition) is 5. The maximum absolute atomic E-state index is 10.7. The fraction of sp³-hybridized carbons (Fsp3) is 0.889. The summed E-state index contributed by atoms with van der Waals surface area (Å²) in [7, 11) is 0. The molecule has 0 aliphatic rings. The fourth-order valence-electron chi connectivity index (χ4n) is 1.19.